The molecule has 0 radical (unpaired) electrons. The van der Waals surface area contributed by atoms with Crippen LogP contribution < -0.4 is 9.47 Å². The van der Waals surface area contributed by atoms with Gasteiger partial charge in [0.15, 0.2) is 0 Å². The van der Waals surface area contributed by atoms with Crippen molar-refractivity contribution in [3.8, 4) is 11.5 Å². The third kappa shape index (κ3) is 4.15. The Hall–Kier alpha value is -2.20. The highest BCUT2D eigenvalue weighted by Crippen LogP contribution is 2.26. The summed E-state index contributed by atoms with van der Waals surface area (Å²) in [7, 11) is 1.57. The normalized spacial score (nSPS) is 10.3. The molecule has 2 aromatic rings. The van der Waals surface area contributed by atoms with Crippen molar-refractivity contribution in [2.24, 2.45) is 0 Å². The Morgan fingerprint density at radius 1 is 1.14 bits per heavy atom. The maximum absolute atomic E-state index is 10.7. The van der Waals surface area contributed by atoms with Crippen LogP contribution in [0.25, 0.3) is 0 Å². The molecule has 0 atom stereocenters. The van der Waals surface area contributed by atoms with Crippen molar-refractivity contribution >= 4 is 17.6 Å². The van der Waals surface area contributed by atoms with E-state index in [1.54, 1.807) is 31.4 Å². The number of aryl methyl sites for hydroxylation is 1. The molecular formula is C17H17ClO4. The molecule has 2 aromatic carbocycles. The van der Waals surface area contributed by atoms with E-state index in [1.807, 2.05) is 19.1 Å². The topological polar surface area (TPSA) is 55.8 Å². The van der Waals surface area contributed by atoms with Crippen LogP contribution in [0.4, 0.5) is 0 Å². The van der Waals surface area contributed by atoms with Gasteiger partial charge in [-0.1, -0.05) is 29.8 Å². The first kappa shape index (κ1) is 16.2. The van der Waals surface area contributed by atoms with Crippen molar-refractivity contribution in [1.82, 2.24) is 0 Å². The monoisotopic (exact) mass is 320 g/mol. The molecule has 0 aliphatic carbocycles. The van der Waals surface area contributed by atoms with Crippen molar-refractivity contribution in [2.75, 3.05) is 7.11 Å². The van der Waals surface area contributed by atoms with Crippen LogP contribution >= 0.6 is 11.6 Å². The van der Waals surface area contributed by atoms with Gasteiger partial charge >= 0.3 is 5.97 Å². The third-order valence-electron chi connectivity index (χ3n) is 3.21. The summed E-state index contributed by atoms with van der Waals surface area (Å²) in [6.45, 7) is 2.27. The Morgan fingerprint density at radius 2 is 1.82 bits per heavy atom. The highest BCUT2D eigenvalue weighted by atomic mass is 35.5. The molecular weight excluding hydrogens is 304 g/mol. The molecule has 0 amide bonds. The lowest BCUT2D eigenvalue weighted by molar-refractivity contribution is -0.136. The summed E-state index contributed by atoms with van der Waals surface area (Å²) in [6.07, 6.45) is 0.00913. The molecule has 0 aromatic heterocycles. The molecule has 0 saturated heterocycles. The Balaban J connectivity index is 2.05. The van der Waals surface area contributed by atoms with Crippen LogP contribution in [0.15, 0.2) is 36.4 Å². The molecule has 1 N–H and O–H groups in total. The van der Waals surface area contributed by atoms with E-state index in [2.05, 4.69) is 0 Å². The van der Waals surface area contributed by atoms with Crippen LogP contribution in [-0.2, 0) is 17.8 Å². The molecule has 116 valence electrons. The standard InChI is InChI=1S/C17H17ClO4/c1-11-7-12(9-17(19)20)3-5-15(11)22-10-13-4-6-16(21-2)14(18)8-13/h3-8H,9-10H2,1-2H3,(H,19,20). The minimum atomic E-state index is -0.846. The molecule has 0 unspecified atom stereocenters. The fraction of sp³-hybridized carbons (Fsp3) is 0.235. The summed E-state index contributed by atoms with van der Waals surface area (Å²) < 4.78 is 10.9. The van der Waals surface area contributed by atoms with Gasteiger partial charge in [0.2, 0.25) is 0 Å². The molecule has 0 spiro atoms. The fourth-order valence-corrected chi connectivity index (χ4v) is 2.40. The quantitative estimate of drug-likeness (QED) is 0.878. The van der Waals surface area contributed by atoms with Crippen LogP contribution in [-0.4, -0.2) is 18.2 Å². The molecule has 0 fully saturated rings. The van der Waals surface area contributed by atoms with Gasteiger partial charge < -0.3 is 14.6 Å². The fourth-order valence-electron chi connectivity index (χ4n) is 2.12. The van der Waals surface area contributed by atoms with Crippen LogP contribution in [0.2, 0.25) is 5.02 Å². The number of benzene rings is 2. The van der Waals surface area contributed by atoms with Gasteiger partial charge in [-0.2, -0.15) is 0 Å². The summed E-state index contributed by atoms with van der Waals surface area (Å²) in [5, 5.41) is 9.33. The number of ether oxygens (including phenoxy) is 2. The first-order valence-electron chi connectivity index (χ1n) is 6.76. The lowest BCUT2D eigenvalue weighted by Gasteiger charge is -2.11. The molecule has 0 heterocycles. The van der Waals surface area contributed by atoms with Crippen molar-refractivity contribution < 1.29 is 19.4 Å². The SMILES string of the molecule is COc1ccc(COc2ccc(CC(=O)O)cc2C)cc1Cl. The van der Waals surface area contributed by atoms with Crippen LogP contribution in [0.3, 0.4) is 0 Å². The summed E-state index contributed by atoms with van der Waals surface area (Å²) in [6, 6.07) is 10.9. The van der Waals surface area contributed by atoms with Gasteiger partial charge in [-0.15, -0.1) is 0 Å². The number of hydrogen-bond donors (Lipinski definition) is 1. The summed E-state index contributed by atoms with van der Waals surface area (Å²) in [4.78, 5) is 10.7. The first-order valence-corrected chi connectivity index (χ1v) is 7.14. The van der Waals surface area contributed by atoms with Gasteiger partial charge in [0.1, 0.15) is 18.1 Å². The van der Waals surface area contributed by atoms with E-state index in [0.29, 0.717) is 17.4 Å². The second kappa shape index (κ2) is 7.18. The molecule has 0 aliphatic rings. The minimum absolute atomic E-state index is 0.00913. The van der Waals surface area contributed by atoms with Crippen molar-refractivity contribution in [3.63, 3.8) is 0 Å². The number of aliphatic carboxylic acids is 1. The predicted octanol–water partition coefficient (Wildman–Crippen LogP) is 3.86. The van der Waals surface area contributed by atoms with E-state index in [-0.39, 0.29) is 6.42 Å². The van der Waals surface area contributed by atoms with Gasteiger partial charge in [-0.3, -0.25) is 4.79 Å². The van der Waals surface area contributed by atoms with Gasteiger partial charge in [0, 0.05) is 0 Å². The molecule has 0 saturated carbocycles. The number of carbonyl (C=O) groups is 1. The summed E-state index contributed by atoms with van der Waals surface area (Å²) in [5.41, 5.74) is 2.59. The summed E-state index contributed by atoms with van der Waals surface area (Å²) >= 11 is 6.08. The number of methoxy groups -OCH3 is 1. The Bertz CT molecular complexity index is 682. The zero-order chi connectivity index (χ0) is 16.1. The van der Waals surface area contributed by atoms with E-state index >= 15 is 0 Å². The second-order valence-corrected chi connectivity index (χ2v) is 5.34. The third-order valence-corrected chi connectivity index (χ3v) is 3.50. The number of carboxylic acids is 1. The Morgan fingerprint density at radius 3 is 2.41 bits per heavy atom. The van der Waals surface area contributed by atoms with E-state index in [1.165, 1.54) is 0 Å². The van der Waals surface area contributed by atoms with Crippen LogP contribution in [0.5, 0.6) is 11.5 Å². The molecule has 5 heteroatoms. The molecule has 22 heavy (non-hydrogen) atoms. The number of hydrogen-bond acceptors (Lipinski definition) is 3. The maximum Gasteiger partial charge on any atom is 0.307 e. The predicted molar refractivity (Wildman–Crippen MR) is 84.9 cm³/mol. The molecule has 0 bridgehead atoms. The van der Waals surface area contributed by atoms with Gasteiger partial charge in [-0.05, 0) is 41.8 Å². The number of rotatable bonds is 6. The molecule has 2 rings (SSSR count). The zero-order valence-corrected chi connectivity index (χ0v) is 13.2. The average molecular weight is 321 g/mol. The summed E-state index contributed by atoms with van der Waals surface area (Å²) in [5.74, 6) is 0.502. The van der Waals surface area contributed by atoms with Gasteiger partial charge in [0.25, 0.3) is 0 Å². The largest absolute Gasteiger partial charge is 0.495 e. The highest BCUT2D eigenvalue weighted by Gasteiger charge is 2.06. The zero-order valence-electron chi connectivity index (χ0n) is 12.4. The van der Waals surface area contributed by atoms with Crippen molar-refractivity contribution in [2.45, 2.75) is 20.0 Å². The maximum atomic E-state index is 10.7. The first-order chi connectivity index (χ1) is 10.5. The molecule has 0 aliphatic heterocycles. The smallest absolute Gasteiger partial charge is 0.307 e. The van der Waals surface area contributed by atoms with E-state index < -0.39 is 5.97 Å². The van der Waals surface area contributed by atoms with E-state index in [9.17, 15) is 4.79 Å². The van der Waals surface area contributed by atoms with E-state index in [0.717, 1.165) is 22.4 Å². The minimum Gasteiger partial charge on any atom is -0.495 e. The van der Waals surface area contributed by atoms with Crippen LogP contribution in [0, 0.1) is 6.92 Å². The van der Waals surface area contributed by atoms with Gasteiger partial charge in [0.05, 0.1) is 18.6 Å². The van der Waals surface area contributed by atoms with Crippen molar-refractivity contribution in [3.05, 3.63) is 58.1 Å². The number of carboxylic acid groups (broad SMARTS) is 1. The van der Waals surface area contributed by atoms with E-state index in [4.69, 9.17) is 26.2 Å². The Kier molecular flexibility index (Phi) is 5.28. The van der Waals surface area contributed by atoms with Crippen LogP contribution in [0.1, 0.15) is 16.7 Å². The second-order valence-electron chi connectivity index (χ2n) is 4.93. The Labute approximate surface area is 134 Å². The lowest BCUT2D eigenvalue weighted by atomic mass is 10.1. The van der Waals surface area contributed by atoms with Crippen molar-refractivity contribution in [1.29, 1.82) is 0 Å². The lowest BCUT2D eigenvalue weighted by Crippen LogP contribution is -2.02. The number of halogens is 1. The molecule has 4 nitrogen and oxygen atoms in total. The highest BCUT2D eigenvalue weighted by molar-refractivity contribution is 6.32. The average Bonchev–Trinajstić information content (AvgIpc) is 2.46. The van der Waals surface area contributed by atoms with Gasteiger partial charge in [-0.25, -0.2) is 0 Å².